The number of nitrogens with zero attached hydrogens (tertiary/aromatic N) is 2. The number of carbonyl (C=O) groups excluding carboxylic acids is 2. The number of rotatable bonds is 12. The molecule has 194 valence electrons. The van der Waals surface area contributed by atoms with Crippen molar-refractivity contribution in [3.05, 3.63) is 59.2 Å². The Bertz CT molecular complexity index is 1090. The molecule has 2 aromatic rings. The number of amides is 1. The Morgan fingerprint density at radius 3 is 2.17 bits per heavy atom. The topological polar surface area (TPSA) is 88.5 Å². The minimum Gasteiger partial charge on any atom is -0.507 e. The summed E-state index contributed by atoms with van der Waals surface area (Å²) in [6, 6.07) is 11.4. The fourth-order valence-electron chi connectivity index (χ4n) is 4.28. The molecule has 1 saturated heterocycles. The molecule has 1 aliphatic rings. The molecule has 1 unspecified atom stereocenters. The minimum absolute atomic E-state index is 0.0561. The van der Waals surface area contributed by atoms with Crippen LogP contribution in [0.5, 0.6) is 17.2 Å². The highest BCUT2D eigenvalue weighted by Crippen LogP contribution is 2.42. The van der Waals surface area contributed by atoms with Crippen molar-refractivity contribution in [1.82, 2.24) is 9.80 Å². The monoisotopic (exact) mass is 496 g/mol. The zero-order valence-electron chi connectivity index (χ0n) is 21.7. The van der Waals surface area contributed by atoms with Crippen molar-refractivity contribution in [2.75, 3.05) is 47.0 Å². The molecule has 0 spiro atoms. The molecule has 36 heavy (non-hydrogen) atoms. The van der Waals surface area contributed by atoms with E-state index in [9.17, 15) is 14.7 Å². The zero-order chi connectivity index (χ0) is 26.2. The normalized spacial score (nSPS) is 17.1. The maximum Gasteiger partial charge on any atom is 0.295 e. The number of Topliss-reactive ketones (excluding diaryl/α,β-unsaturated/α-hetero) is 1. The summed E-state index contributed by atoms with van der Waals surface area (Å²) >= 11 is 0. The van der Waals surface area contributed by atoms with Crippen LogP contribution in [0.3, 0.4) is 0 Å². The minimum atomic E-state index is -0.756. The molecule has 0 aromatic heterocycles. The van der Waals surface area contributed by atoms with Crippen LogP contribution >= 0.6 is 0 Å². The van der Waals surface area contributed by atoms with Crippen LogP contribution in [-0.2, 0) is 9.59 Å². The summed E-state index contributed by atoms with van der Waals surface area (Å²) < 4.78 is 17.0. The van der Waals surface area contributed by atoms with Crippen molar-refractivity contribution in [3.8, 4) is 17.2 Å². The van der Waals surface area contributed by atoms with Crippen molar-refractivity contribution in [3.63, 3.8) is 0 Å². The van der Waals surface area contributed by atoms with Crippen molar-refractivity contribution >= 4 is 17.4 Å². The molecule has 1 amide bonds. The van der Waals surface area contributed by atoms with Gasteiger partial charge >= 0.3 is 0 Å². The third-order valence-electron chi connectivity index (χ3n) is 5.87. The standard InChI is InChI=1S/C28H36N2O6/c1-6-34-21-13-10-19(11-14-21)26(31)24-25(30(28(33)27(24)32)17-9-16-29(4)5)20-12-15-22(35-7-2)23(18-20)36-8-3/h10-15,18,25,31H,6-9,16-17H2,1-5H3/b26-24-. The van der Waals surface area contributed by atoms with E-state index in [1.54, 1.807) is 36.4 Å². The average molecular weight is 497 g/mol. The van der Waals surface area contributed by atoms with Gasteiger partial charge in [0.25, 0.3) is 11.7 Å². The Kier molecular flexibility index (Phi) is 9.36. The summed E-state index contributed by atoms with van der Waals surface area (Å²) in [4.78, 5) is 30.0. The van der Waals surface area contributed by atoms with Gasteiger partial charge in [0.05, 0.1) is 31.4 Å². The van der Waals surface area contributed by atoms with E-state index >= 15 is 0 Å². The van der Waals surface area contributed by atoms with Gasteiger partial charge in [-0.25, -0.2) is 0 Å². The Hall–Kier alpha value is -3.52. The lowest BCUT2D eigenvalue weighted by Gasteiger charge is -2.26. The van der Waals surface area contributed by atoms with E-state index in [-0.39, 0.29) is 11.3 Å². The summed E-state index contributed by atoms with van der Waals surface area (Å²) in [5.41, 5.74) is 1.16. The third-order valence-corrected chi connectivity index (χ3v) is 5.87. The summed E-state index contributed by atoms with van der Waals surface area (Å²) in [6.07, 6.45) is 0.676. The maximum atomic E-state index is 13.3. The molecular formula is C28H36N2O6. The Morgan fingerprint density at radius 2 is 1.56 bits per heavy atom. The predicted octanol–water partition coefficient (Wildman–Crippen LogP) is 4.26. The van der Waals surface area contributed by atoms with E-state index in [0.29, 0.717) is 61.2 Å². The molecule has 3 rings (SSSR count). The quantitative estimate of drug-likeness (QED) is 0.267. The highest BCUT2D eigenvalue weighted by molar-refractivity contribution is 6.46. The molecule has 0 bridgehead atoms. The summed E-state index contributed by atoms with van der Waals surface area (Å²) in [5.74, 6) is 0.211. The van der Waals surface area contributed by atoms with Gasteiger partial charge in [-0.15, -0.1) is 0 Å². The van der Waals surface area contributed by atoms with E-state index in [2.05, 4.69) is 0 Å². The SMILES string of the molecule is CCOc1ccc(/C(O)=C2/C(=O)C(=O)N(CCCN(C)C)C2c2ccc(OCC)c(OCC)c2)cc1. The van der Waals surface area contributed by atoms with Gasteiger partial charge in [-0.3, -0.25) is 9.59 Å². The van der Waals surface area contributed by atoms with Crippen molar-refractivity contribution in [1.29, 1.82) is 0 Å². The van der Waals surface area contributed by atoms with Gasteiger partial charge in [0.2, 0.25) is 0 Å². The first kappa shape index (κ1) is 27.1. The molecule has 1 N–H and O–H groups in total. The number of aliphatic hydroxyl groups is 1. The molecule has 0 saturated carbocycles. The predicted molar refractivity (Wildman–Crippen MR) is 139 cm³/mol. The first-order chi connectivity index (χ1) is 17.3. The van der Waals surface area contributed by atoms with Gasteiger partial charge in [0.15, 0.2) is 11.5 Å². The smallest absolute Gasteiger partial charge is 0.295 e. The van der Waals surface area contributed by atoms with Crippen molar-refractivity contribution in [2.24, 2.45) is 0 Å². The van der Waals surface area contributed by atoms with E-state index in [1.165, 1.54) is 4.90 Å². The van der Waals surface area contributed by atoms with Crippen LogP contribution in [0.4, 0.5) is 0 Å². The van der Waals surface area contributed by atoms with Gasteiger partial charge in [-0.2, -0.15) is 0 Å². The molecule has 1 fully saturated rings. The van der Waals surface area contributed by atoms with E-state index in [4.69, 9.17) is 14.2 Å². The molecule has 8 nitrogen and oxygen atoms in total. The number of hydrogen-bond acceptors (Lipinski definition) is 7. The number of benzene rings is 2. The molecule has 8 heteroatoms. The van der Waals surface area contributed by atoms with Crippen LogP contribution in [0.2, 0.25) is 0 Å². The van der Waals surface area contributed by atoms with Gasteiger partial charge in [0.1, 0.15) is 11.5 Å². The Labute approximate surface area is 213 Å². The largest absolute Gasteiger partial charge is 0.507 e. The van der Waals surface area contributed by atoms with Crippen LogP contribution in [0.25, 0.3) is 5.76 Å². The average Bonchev–Trinajstić information content (AvgIpc) is 3.10. The molecule has 1 atom stereocenters. The lowest BCUT2D eigenvalue weighted by atomic mass is 9.95. The summed E-state index contributed by atoms with van der Waals surface area (Å²) in [7, 11) is 3.91. The van der Waals surface area contributed by atoms with Crippen LogP contribution in [0.1, 0.15) is 44.4 Å². The molecular weight excluding hydrogens is 460 g/mol. The number of ether oxygens (including phenoxy) is 3. The van der Waals surface area contributed by atoms with E-state index in [1.807, 2.05) is 45.8 Å². The molecule has 1 heterocycles. The fraction of sp³-hybridized carbons (Fsp3) is 0.429. The maximum absolute atomic E-state index is 13.3. The lowest BCUT2D eigenvalue weighted by Crippen LogP contribution is -2.32. The van der Waals surface area contributed by atoms with Crippen molar-refractivity contribution < 1.29 is 28.9 Å². The second-order valence-electron chi connectivity index (χ2n) is 8.68. The van der Waals surface area contributed by atoms with Crippen LogP contribution in [-0.4, -0.2) is 73.6 Å². The highest BCUT2D eigenvalue weighted by atomic mass is 16.5. The number of carbonyl (C=O) groups is 2. The highest BCUT2D eigenvalue weighted by Gasteiger charge is 2.46. The lowest BCUT2D eigenvalue weighted by molar-refractivity contribution is -0.139. The summed E-state index contributed by atoms with van der Waals surface area (Å²) in [5, 5.41) is 11.3. The van der Waals surface area contributed by atoms with Gasteiger partial charge < -0.3 is 29.1 Å². The van der Waals surface area contributed by atoms with Gasteiger partial charge in [-0.05, 0) is 89.8 Å². The second kappa shape index (κ2) is 12.4. The zero-order valence-corrected chi connectivity index (χ0v) is 21.7. The summed E-state index contributed by atoms with van der Waals surface area (Å²) in [6.45, 7) is 8.19. The first-order valence-corrected chi connectivity index (χ1v) is 12.4. The van der Waals surface area contributed by atoms with Gasteiger partial charge in [-0.1, -0.05) is 6.07 Å². The second-order valence-corrected chi connectivity index (χ2v) is 8.68. The number of hydrogen-bond donors (Lipinski definition) is 1. The van der Waals surface area contributed by atoms with Crippen LogP contribution < -0.4 is 14.2 Å². The van der Waals surface area contributed by atoms with Crippen molar-refractivity contribution in [2.45, 2.75) is 33.2 Å². The molecule has 0 aliphatic carbocycles. The number of aliphatic hydroxyl groups excluding tert-OH is 1. The van der Waals surface area contributed by atoms with E-state index < -0.39 is 17.7 Å². The number of likely N-dealkylation sites (tertiary alicyclic amines) is 1. The van der Waals surface area contributed by atoms with Gasteiger partial charge in [0, 0.05) is 12.1 Å². The third kappa shape index (κ3) is 5.99. The van der Waals surface area contributed by atoms with Crippen LogP contribution in [0.15, 0.2) is 48.0 Å². The Balaban J connectivity index is 2.11. The molecule has 1 aliphatic heterocycles. The first-order valence-electron chi connectivity index (χ1n) is 12.4. The molecule has 0 radical (unpaired) electrons. The Morgan fingerprint density at radius 1 is 0.917 bits per heavy atom. The number of ketones is 1. The van der Waals surface area contributed by atoms with E-state index in [0.717, 1.165) is 6.54 Å². The molecule has 2 aromatic carbocycles. The fourth-order valence-corrected chi connectivity index (χ4v) is 4.28. The van der Waals surface area contributed by atoms with Crippen LogP contribution in [0, 0.1) is 0 Å².